The zero-order chi connectivity index (χ0) is 19.0. The third-order valence-corrected chi connectivity index (χ3v) is 6.53. The molecule has 0 bridgehead atoms. The normalized spacial score (nSPS) is 26.8. The van der Waals surface area contributed by atoms with E-state index in [1.165, 1.54) is 0 Å². The first-order valence-corrected chi connectivity index (χ1v) is 9.61. The van der Waals surface area contributed by atoms with Crippen LogP contribution in [0.5, 0.6) is 0 Å². The Labute approximate surface area is 167 Å². The zero-order valence-corrected chi connectivity index (χ0v) is 17.7. The van der Waals surface area contributed by atoms with Crippen LogP contribution >= 0.6 is 58.0 Å². The summed E-state index contributed by atoms with van der Waals surface area (Å²) < 4.78 is -1.56. The summed E-state index contributed by atoms with van der Waals surface area (Å²) >= 11 is 29.3. The van der Waals surface area contributed by atoms with Crippen LogP contribution in [-0.4, -0.2) is 42.6 Å². The minimum absolute atomic E-state index is 0.00907. The Morgan fingerprint density at radius 3 is 2.21 bits per heavy atom. The molecule has 1 saturated heterocycles. The average molecular weight is 442 g/mol. The van der Waals surface area contributed by atoms with Crippen molar-refractivity contribution in [3.05, 3.63) is 0 Å². The van der Waals surface area contributed by atoms with Crippen molar-refractivity contribution in [2.24, 2.45) is 17.3 Å². The number of carbonyl (C=O) groups is 2. The van der Waals surface area contributed by atoms with Gasteiger partial charge < -0.3 is 5.11 Å². The maximum atomic E-state index is 12.7. The summed E-state index contributed by atoms with van der Waals surface area (Å²) in [6.07, 6.45) is -0.884. The van der Waals surface area contributed by atoms with E-state index in [4.69, 9.17) is 58.0 Å². The second-order valence-corrected chi connectivity index (χ2v) is 10.5. The number of nitrogens with zero attached hydrogens (tertiary/aromatic N) is 1. The Kier molecular flexibility index (Phi) is 7.58. The maximum Gasteiger partial charge on any atom is 0.237 e. The van der Waals surface area contributed by atoms with Crippen LogP contribution in [0.25, 0.3) is 0 Å². The molecule has 1 fully saturated rings. The quantitative estimate of drug-likeness (QED) is 0.646. The van der Waals surface area contributed by atoms with Crippen molar-refractivity contribution < 1.29 is 14.7 Å². The van der Waals surface area contributed by atoms with Crippen LogP contribution in [0.15, 0.2) is 0 Å². The number of aliphatic hydroxyl groups excluding tert-OH is 1. The predicted molar refractivity (Wildman–Crippen MR) is 98.8 cm³/mol. The molecule has 4 nitrogen and oxygen atoms in total. The first-order valence-electron chi connectivity index (χ1n) is 7.60. The van der Waals surface area contributed by atoms with Gasteiger partial charge >= 0.3 is 0 Å². The van der Waals surface area contributed by atoms with E-state index in [1.807, 2.05) is 0 Å². The molecule has 1 aliphatic rings. The van der Waals surface area contributed by atoms with Gasteiger partial charge in [-0.2, -0.15) is 0 Å². The molecule has 0 radical (unpaired) electrons. The van der Waals surface area contributed by atoms with Crippen LogP contribution in [-0.2, 0) is 9.59 Å². The lowest BCUT2D eigenvalue weighted by Gasteiger charge is -2.30. The number of halogens is 5. The van der Waals surface area contributed by atoms with Gasteiger partial charge in [0.2, 0.25) is 11.8 Å². The van der Waals surface area contributed by atoms with Crippen LogP contribution in [0.1, 0.15) is 40.5 Å². The largest absolute Gasteiger partial charge is 0.390 e. The summed E-state index contributed by atoms with van der Waals surface area (Å²) in [5.74, 6) is -1.69. The van der Waals surface area contributed by atoms with Gasteiger partial charge in [-0.25, -0.2) is 0 Å². The zero-order valence-electron chi connectivity index (χ0n) is 13.9. The lowest BCUT2D eigenvalue weighted by molar-refractivity contribution is -0.147. The molecule has 0 unspecified atom stereocenters. The molecule has 0 aromatic carbocycles. The third kappa shape index (κ3) is 4.83. The van der Waals surface area contributed by atoms with Crippen molar-refractivity contribution >= 4 is 69.8 Å². The number of rotatable bonds is 5. The standard InChI is InChI=1S/C15H22Cl5NO3/c1-7(12(16)17)5-10(22)21-9(6-8(2)15(18,19)20)11(23)14(3,4)13(21)24/h7-9,11-12,23H,5-6H2,1-4H3/t7-,8-,9-,11+/m0/s1. The molecule has 2 amide bonds. The Bertz CT molecular complexity index is 492. The van der Waals surface area contributed by atoms with E-state index in [-0.39, 0.29) is 18.8 Å². The highest BCUT2D eigenvalue weighted by Gasteiger charge is 2.56. The summed E-state index contributed by atoms with van der Waals surface area (Å²) in [6.45, 7) is 6.59. The van der Waals surface area contributed by atoms with E-state index in [2.05, 4.69) is 0 Å². The number of hydrogen-bond donors (Lipinski definition) is 1. The molecule has 24 heavy (non-hydrogen) atoms. The van der Waals surface area contributed by atoms with Gasteiger partial charge in [0.05, 0.1) is 17.6 Å². The molecule has 0 aromatic heterocycles. The van der Waals surface area contributed by atoms with E-state index in [1.54, 1.807) is 27.7 Å². The molecule has 1 aliphatic heterocycles. The van der Waals surface area contributed by atoms with Crippen LogP contribution in [0.3, 0.4) is 0 Å². The number of amides is 2. The smallest absolute Gasteiger partial charge is 0.237 e. The minimum Gasteiger partial charge on any atom is -0.390 e. The second kappa shape index (κ2) is 8.06. The molecule has 0 aromatic rings. The topological polar surface area (TPSA) is 57.6 Å². The van der Waals surface area contributed by atoms with Gasteiger partial charge in [0, 0.05) is 12.3 Å². The van der Waals surface area contributed by atoms with Crippen molar-refractivity contribution in [2.45, 2.75) is 61.3 Å². The lowest BCUT2D eigenvalue weighted by Crippen LogP contribution is -2.44. The molecule has 1 N–H and O–H groups in total. The van der Waals surface area contributed by atoms with Gasteiger partial charge in [-0.05, 0) is 26.2 Å². The predicted octanol–water partition coefficient (Wildman–Crippen LogP) is 4.34. The van der Waals surface area contributed by atoms with Gasteiger partial charge in [-0.3, -0.25) is 14.5 Å². The van der Waals surface area contributed by atoms with E-state index in [0.717, 1.165) is 4.90 Å². The first kappa shape index (κ1) is 22.6. The Balaban J connectivity index is 3.08. The molecule has 1 heterocycles. The molecular weight excluding hydrogens is 419 g/mol. The Morgan fingerprint density at radius 1 is 1.29 bits per heavy atom. The maximum absolute atomic E-state index is 12.7. The molecule has 0 saturated carbocycles. The highest BCUT2D eigenvalue weighted by molar-refractivity contribution is 6.67. The molecule has 9 heteroatoms. The fourth-order valence-electron chi connectivity index (χ4n) is 2.70. The van der Waals surface area contributed by atoms with Crippen LogP contribution < -0.4 is 0 Å². The van der Waals surface area contributed by atoms with Gasteiger partial charge in [-0.15, -0.1) is 23.2 Å². The summed E-state index contributed by atoms with van der Waals surface area (Å²) in [5, 5.41) is 10.6. The number of hydrogen-bond acceptors (Lipinski definition) is 3. The van der Waals surface area contributed by atoms with Crippen molar-refractivity contribution in [3.8, 4) is 0 Å². The molecule has 4 atom stereocenters. The number of likely N-dealkylation sites (tertiary alicyclic amines) is 1. The fraction of sp³-hybridized carbons (Fsp3) is 0.867. The summed E-state index contributed by atoms with van der Waals surface area (Å²) in [7, 11) is 0. The van der Waals surface area contributed by atoms with Crippen molar-refractivity contribution in [1.29, 1.82) is 0 Å². The number of carbonyl (C=O) groups excluding carboxylic acids is 2. The van der Waals surface area contributed by atoms with E-state index in [9.17, 15) is 14.7 Å². The number of alkyl halides is 5. The van der Waals surface area contributed by atoms with E-state index >= 15 is 0 Å². The highest BCUT2D eigenvalue weighted by Crippen LogP contribution is 2.43. The monoisotopic (exact) mass is 439 g/mol. The molecule has 0 spiro atoms. The van der Waals surface area contributed by atoms with Crippen molar-refractivity contribution in [2.75, 3.05) is 0 Å². The van der Waals surface area contributed by atoms with Gasteiger partial charge in [0.1, 0.15) is 4.84 Å². The van der Waals surface area contributed by atoms with Crippen molar-refractivity contribution in [3.63, 3.8) is 0 Å². The van der Waals surface area contributed by atoms with Crippen molar-refractivity contribution in [1.82, 2.24) is 4.90 Å². The van der Waals surface area contributed by atoms with Gasteiger partial charge in [-0.1, -0.05) is 48.7 Å². The molecule has 0 aliphatic carbocycles. The van der Waals surface area contributed by atoms with Gasteiger partial charge in [0.15, 0.2) is 3.79 Å². The van der Waals surface area contributed by atoms with E-state index in [0.29, 0.717) is 0 Å². The van der Waals surface area contributed by atoms with Crippen LogP contribution in [0, 0.1) is 17.3 Å². The Hall–Kier alpha value is 0.550. The summed E-state index contributed by atoms with van der Waals surface area (Å²) in [5.41, 5.74) is -1.10. The first-order chi connectivity index (χ1) is 10.7. The molecule has 140 valence electrons. The third-order valence-electron chi connectivity index (χ3n) is 4.55. The van der Waals surface area contributed by atoms with Crippen LogP contribution in [0.2, 0.25) is 0 Å². The van der Waals surface area contributed by atoms with E-state index < -0.39 is 43.9 Å². The Morgan fingerprint density at radius 2 is 1.79 bits per heavy atom. The fourth-order valence-corrected chi connectivity index (χ4v) is 3.15. The average Bonchev–Trinajstić information content (AvgIpc) is 2.58. The lowest BCUT2D eigenvalue weighted by atomic mass is 9.84. The van der Waals surface area contributed by atoms with Gasteiger partial charge in [0.25, 0.3) is 0 Å². The number of aliphatic hydroxyl groups is 1. The summed E-state index contributed by atoms with van der Waals surface area (Å²) in [4.78, 5) is 25.6. The van der Waals surface area contributed by atoms with Crippen LogP contribution in [0.4, 0.5) is 0 Å². The SMILES string of the molecule is C[C@@H](CC(=O)N1C(=O)C(C)(C)[C@H](O)[C@@H]1C[C@H](C)C(Cl)(Cl)Cl)C(Cl)Cl. The second-order valence-electron chi connectivity index (χ2n) is 7.00. The molecular formula is C15H22Cl5NO3. The molecule has 1 rings (SSSR count). The number of imide groups is 1. The minimum atomic E-state index is -1.56. The highest BCUT2D eigenvalue weighted by atomic mass is 35.6. The summed E-state index contributed by atoms with van der Waals surface area (Å²) in [6, 6.07) is -0.762.